The first-order valence-electron chi connectivity index (χ1n) is 10.8. The Morgan fingerprint density at radius 3 is 2.66 bits per heavy atom. The number of rotatable bonds is 7. The van der Waals surface area contributed by atoms with E-state index in [4.69, 9.17) is 9.47 Å². The zero-order valence-corrected chi connectivity index (χ0v) is 20.8. The zero-order valence-electron chi connectivity index (χ0n) is 18.7. The Hall–Kier alpha value is -0.610. The number of nitrogens with zero attached hydrogens (tertiary/aromatic N) is 1. The summed E-state index contributed by atoms with van der Waals surface area (Å²) < 4.78 is 10.1. The van der Waals surface area contributed by atoms with E-state index >= 15 is 0 Å². The normalized spacial score (nSPS) is 36.2. The summed E-state index contributed by atoms with van der Waals surface area (Å²) >= 11 is -0.756. The van der Waals surface area contributed by atoms with Crippen LogP contribution in [0.4, 0.5) is 4.79 Å². The predicted octanol–water partition coefficient (Wildman–Crippen LogP) is -0.292. The number of ether oxygens (including phenoxy) is 2. The first-order valence-corrected chi connectivity index (χ1v) is 12.9. The van der Waals surface area contributed by atoms with Gasteiger partial charge in [0.2, 0.25) is 0 Å². The Morgan fingerprint density at radius 2 is 2.07 bits per heavy atom. The molecule has 0 aromatic rings. The summed E-state index contributed by atoms with van der Waals surface area (Å²) in [7, 11) is 1.35. The molecule has 2 saturated heterocycles. The second kappa shape index (κ2) is 10.1. The SMILES string of the molecule is CCCC1C([C@@H](C)CC)OC(C)(CNC(=O)N2CCCC2C(=O)OC)[I-][C@@]1(C)O. The van der Waals surface area contributed by atoms with Crippen LogP contribution in [0.5, 0.6) is 0 Å². The third kappa shape index (κ3) is 5.76. The number of hydrogen-bond acceptors (Lipinski definition) is 5. The van der Waals surface area contributed by atoms with E-state index in [0.29, 0.717) is 25.4 Å². The first kappa shape index (κ1) is 24.7. The molecule has 2 amide bonds. The van der Waals surface area contributed by atoms with Crippen molar-refractivity contribution in [2.75, 3.05) is 20.2 Å². The van der Waals surface area contributed by atoms with Gasteiger partial charge in [0.15, 0.2) is 0 Å². The number of urea groups is 1. The van der Waals surface area contributed by atoms with Crippen molar-refractivity contribution in [3.05, 3.63) is 0 Å². The Kier molecular flexibility index (Phi) is 8.61. The zero-order chi connectivity index (χ0) is 21.8. The minimum atomic E-state index is -0.756. The third-order valence-electron chi connectivity index (χ3n) is 6.19. The second-order valence-corrected chi connectivity index (χ2v) is 13.6. The summed E-state index contributed by atoms with van der Waals surface area (Å²) in [6.45, 7) is 11.3. The van der Waals surface area contributed by atoms with Crippen LogP contribution in [-0.4, -0.2) is 61.6 Å². The van der Waals surface area contributed by atoms with Gasteiger partial charge < -0.3 is 0 Å². The van der Waals surface area contributed by atoms with Crippen LogP contribution in [-0.2, 0) is 14.3 Å². The molecule has 8 heteroatoms. The molecule has 0 spiro atoms. The van der Waals surface area contributed by atoms with Gasteiger partial charge in [-0.15, -0.1) is 0 Å². The van der Waals surface area contributed by atoms with Gasteiger partial charge in [-0.05, 0) is 0 Å². The third-order valence-corrected chi connectivity index (χ3v) is 9.86. The maximum atomic E-state index is 12.8. The Morgan fingerprint density at radius 1 is 1.38 bits per heavy atom. The number of carbonyl (C=O) groups excluding carboxylic acids is 2. The van der Waals surface area contributed by atoms with Crippen molar-refractivity contribution in [3.8, 4) is 0 Å². The quantitative estimate of drug-likeness (QED) is 0.271. The van der Waals surface area contributed by atoms with E-state index in [2.05, 4.69) is 26.1 Å². The molecule has 6 atom stereocenters. The molecule has 2 fully saturated rings. The van der Waals surface area contributed by atoms with Crippen LogP contribution in [0.15, 0.2) is 0 Å². The fraction of sp³-hybridized carbons (Fsp3) is 0.905. The van der Waals surface area contributed by atoms with E-state index in [9.17, 15) is 14.7 Å². The van der Waals surface area contributed by atoms with Crippen LogP contribution >= 0.6 is 0 Å². The Balaban J connectivity index is 2.09. The van der Waals surface area contributed by atoms with Crippen molar-refractivity contribution in [2.24, 2.45) is 11.8 Å². The van der Waals surface area contributed by atoms with E-state index in [0.717, 1.165) is 25.7 Å². The monoisotopic (exact) mass is 525 g/mol. The van der Waals surface area contributed by atoms with Crippen LogP contribution in [0, 0.1) is 11.8 Å². The first-order chi connectivity index (χ1) is 13.6. The number of esters is 1. The summed E-state index contributed by atoms with van der Waals surface area (Å²) in [5.41, 5.74) is 0. The number of aliphatic hydroxyl groups is 1. The molecular formula is C21H38IN2O5-. The number of alkyl halides is 2. The van der Waals surface area contributed by atoms with Gasteiger partial charge in [0, 0.05) is 0 Å². The van der Waals surface area contributed by atoms with Crippen LogP contribution in [0.3, 0.4) is 0 Å². The van der Waals surface area contributed by atoms with Crippen molar-refractivity contribution >= 4 is 12.0 Å². The molecule has 2 rings (SSSR count). The van der Waals surface area contributed by atoms with E-state index in [1.165, 1.54) is 7.11 Å². The van der Waals surface area contributed by atoms with Crippen LogP contribution < -0.4 is 26.5 Å². The molecule has 2 heterocycles. The molecule has 4 unspecified atom stereocenters. The van der Waals surface area contributed by atoms with Crippen molar-refractivity contribution in [3.63, 3.8) is 0 Å². The predicted molar refractivity (Wildman–Crippen MR) is 107 cm³/mol. The topological polar surface area (TPSA) is 88.1 Å². The van der Waals surface area contributed by atoms with E-state index < -0.39 is 34.5 Å². The number of hydrogen-bond donors (Lipinski definition) is 2. The maximum absolute atomic E-state index is 12.8. The Bertz CT molecular complexity index is 587. The summed E-state index contributed by atoms with van der Waals surface area (Å²) in [4.78, 5) is 26.3. The minimum absolute atomic E-state index is 0.0279. The average molecular weight is 525 g/mol. The molecule has 0 aromatic heterocycles. The van der Waals surface area contributed by atoms with Gasteiger partial charge in [0.25, 0.3) is 0 Å². The summed E-state index contributed by atoms with van der Waals surface area (Å²) in [6, 6.07) is -0.776. The molecule has 7 nitrogen and oxygen atoms in total. The van der Waals surface area contributed by atoms with Gasteiger partial charge in [-0.3, -0.25) is 0 Å². The number of carbonyl (C=O) groups is 2. The molecule has 2 aliphatic rings. The van der Waals surface area contributed by atoms with Crippen LogP contribution in [0.25, 0.3) is 0 Å². The fourth-order valence-corrected chi connectivity index (χ4v) is 8.63. The molecule has 170 valence electrons. The molecule has 0 aliphatic carbocycles. The number of halogens is 1. The fourth-order valence-electron chi connectivity index (χ4n) is 4.45. The molecule has 0 radical (unpaired) electrons. The van der Waals surface area contributed by atoms with Crippen LogP contribution in [0.2, 0.25) is 0 Å². The number of amides is 2. The van der Waals surface area contributed by atoms with Gasteiger partial charge in [-0.1, -0.05) is 0 Å². The van der Waals surface area contributed by atoms with Gasteiger partial charge in [-0.25, -0.2) is 0 Å². The van der Waals surface area contributed by atoms with Crippen molar-refractivity contribution in [2.45, 2.75) is 86.1 Å². The van der Waals surface area contributed by atoms with Gasteiger partial charge in [0.05, 0.1) is 0 Å². The molecule has 2 N–H and O–H groups in total. The summed E-state index contributed by atoms with van der Waals surface area (Å²) in [5.74, 6) is 0.0911. The van der Waals surface area contributed by atoms with E-state index in [1.807, 2.05) is 13.8 Å². The van der Waals surface area contributed by atoms with Crippen molar-refractivity contribution in [1.29, 1.82) is 0 Å². The van der Waals surface area contributed by atoms with E-state index in [-0.39, 0.29) is 24.0 Å². The number of likely N-dealkylation sites (tertiary alicyclic amines) is 1. The van der Waals surface area contributed by atoms with Gasteiger partial charge in [0.1, 0.15) is 0 Å². The van der Waals surface area contributed by atoms with Gasteiger partial charge in [-0.2, -0.15) is 0 Å². The summed E-state index contributed by atoms with van der Waals surface area (Å²) in [6.07, 6.45) is 4.33. The van der Waals surface area contributed by atoms with Crippen molar-refractivity contribution in [1.82, 2.24) is 10.2 Å². The molecule has 29 heavy (non-hydrogen) atoms. The Labute approximate surface area is 185 Å². The number of nitrogens with one attached hydrogen (secondary N) is 1. The van der Waals surface area contributed by atoms with Crippen LogP contribution in [0.1, 0.15) is 66.7 Å². The average Bonchev–Trinajstić information content (AvgIpc) is 3.16. The summed E-state index contributed by atoms with van der Waals surface area (Å²) in [5, 5.41) is 14.3. The van der Waals surface area contributed by atoms with Gasteiger partial charge >= 0.3 is 186 Å². The molecule has 0 saturated carbocycles. The standard InChI is InChI=1S/C21H38IN2O5/c1-7-10-15-17(14(3)8-2)29-20(4,22-21(15,5)27)13-23-19(26)24-12-9-11-16(24)18(25)28-6/h14-17,27H,7-13H2,1-6H3,(H,23,26)/q-1/t14-,15?,16?,17?,20?,21-/m0/s1. The van der Waals surface area contributed by atoms with Crippen molar-refractivity contribution < 1.29 is 45.4 Å². The molecule has 0 aromatic carbocycles. The molecular weight excluding hydrogens is 487 g/mol. The molecule has 2 aliphatic heterocycles. The van der Waals surface area contributed by atoms with E-state index in [1.54, 1.807) is 4.90 Å². The second-order valence-electron chi connectivity index (χ2n) is 8.62. The molecule has 0 bridgehead atoms. The number of methoxy groups -OCH3 is 1.